The van der Waals surface area contributed by atoms with Crippen LogP contribution in [0, 0.1) is 0 Å². The maximum Gasteiger partial charge on any atom is 0.194 e. The third-order valence-corrected chi connectivity index (χ3v) is 5.48. The number of nitrogens with one attached hydrogen (secondary N) is 1. The summed E-state index contributed by atoms with van der Waals surface area (Å²) in [6, 6.07) is 10.4. The predicted octanol–water partition coefficient (Wildman–Crippen LogP) is 2.89. The van der Waals surface area contributed by atoms with E-state index >= 15 is 0 Å². The van der Waals surface area contributed by atoms with Crippen molar-refractivity contribution in [2.24, 2.45) is 4.99 Å². The van der Waals surface area contributed by atoms with Gasteiger partial charge in [0, 0.05) is 45.2 Å². The van der Waals surface area contributed by atoms with E-state index in [-0.39, 0.29) is 36.2 Å². The monoisotopic (exact) mass is 525 g/mol. The summed E-state index contributed by atoms with van der Waals surface area (Å²) >= 11 is 0. The van der Waals surface area contributed by atoms with Crippen LogP contribution in [0.15, 0.2) is 47.7 Å². The third-order valence-electron chi connectivity index (χ3n) is 5.48. The summed E-state index contributed by atoms with van der Waals surface area (Å²) in [5.41, 5.74) is 1.26. The molecule has 4 rings (SSSR count). The van der Waals surface area contributed by atoms with E-state index in [2.05, 4.69) is 51.0 Å². The van der Waals surface area contributed by atoms with Crippen molar-refractivity contribution in [3.63, 3.8) is 0 Å². The Morgan fingerprint density at radius 3 is 2.80 bits per heavy atom. The molecule has 2 unspecified atom stereocenters. The van der Waals surface area contributed by atoms with Crippen molar-refractivity contribution in [2.45, 2.75) is 45.1 Å². The van der Waals surface area contributed by atoms with Gasteiger partial charge in [0.15, 0.2) is 5.96 Å². The molecule has 1 aromatic heterocycles. The molecule has 164 valence electrons. The van der Waals surface area contributed by atoms with E-state index in [1.807, 2.05) is 18.5 Å². The molecule has 0 saturated carbocycles. The topological polar surface area (TPSA) is 63.9 Å². The van der Waals surface area contributed by atoms with Gasteiger partial charge in [-0.3, -0.25) is 0 Å². The lowest BCUT2D eigenvalue weighted by Gasteiger charge is -2.37. The number of nitrogens with zero attached hydrogens (tertiary/aromatic N) is 4. The first kappa shape index (κ1) is 23.0. The second-order valence-electron chi connectivity index (χ2n) is 7.53. The first-order chi connectivity index (χ1) is 14.3. The Morgan fingerprint density at radius 2 is 2.03 bits per heavy atom. The van der Waals surface area contributed by atoms with Gasteiger partial charge in [0.05, 0.1) is 12.7 Å². The summed E-state index contributed by atoms with van der Waals surface area (Å²) < 4.78 is 14.0. The zero-order chi connectivity index (χ0) is 19.9. The van der Waals surface area contributed by atoms with Crippen molar-refractivity contribution in [1.82, 2.24) is 19.8 Å². The molecule has 2 atom stereocenters. The van der Waals surface area contributed by atoms with Gasteiger partial charge in [0.2, 0.25) is 0 Å². The second kappa shape index (κ2) is 11.7. The molecule has 0 aliphatic carbocycles. The van der Waals surface area contributed by atoms with E-state index < -0.39 is 0 Å². The Bertz CT molecular complexity index is 792. The average molecular weight is 525 g/mol. The number of morpholine rings is 1. The van der Waals surface area contributed by atoms with Crippen molar-refractivity contribution < 1.29 is 9.47 Å². The van der Waals surface area contributed by atoms with Crippen LogP contribution >= 0.6 is 24.0 Å². The normalized spacial score (nSPS) is 22.0. The highest BCUT2D eigenvalue weighted by molar-refractivity contribution is 14.0. The summed E-state index contributed by atoms with van der Waals surface area (Å²) in [6.07, 6.45) is 6.42. The fourth-order valence-corrected chi connectivity index (χ4v) is 3.98. The Labute approximate surface area is 195 Å². The predicted molar refractivity (Wildman–Crippen MR) is 128 cm³/mol. The molecule has 0 radical (unpaired) electrons. The molecule has 8 heteroatoms. The van der Waals surface area contributed by atoms with Crippen LogP contribution in [0.5, 0.6) is 0 Å². The van der Waals surface area contributed by atoms with Crippen LogP contribution < -0.4 is 5.32 Å². The molecule has 0 amide bonds. The van der Waals surface area contributed by atoms with Crippen molar-refractivity contribution in [2.75, 3.05) is 32.8 Å². The maximum atomic E-state index is 5.99. The van der Waals surface area contributed by atoms with Crippen LogP contribution in [0.25, 0.3) is 0 Å². The fourth-order valence-electron chi connectivity index (χ4n) is 3.98. The molecule has 1 N–H and O–H groups in total. The van der Waals surface area contributed by atoms with Gasteiger partial charge >= 0.3 is 0 Å². The molecular weight excluding hydrogens is 493 g/mol. The van der Waals surface area contributed by atoms with Gasteiger partial charge in [0.25, 0.3) is 0 Å². The molecule has 0 bridgehead atoms. The van der Waals surface area contributed by atoms with Crippen LogP contribution in [-0.4, -0.2) is 65.5 Å². The summed E-state index contributed by atoms with van der Waals surface area (Å²) in [5, 5.41) is 3.44. The Balaban J connectivity index is 0.00000256. The van der Waals surface area contributed by atoms with Gasteiger partial charge in [-0.15, -0.1) is 24.0 Å². The lowest BCUT2D eigenvalue weighted by Crippen LogP contribution is -2.53. The first-order valence-corrected chi connectivity index (χ1v) is 10.6. The number of hydrogen-bond donors (Lipinski definition) is 1. The minimum Gasteiger partial charge on any atom is -0.375 e. The molecular formula is C22H32IN5O2. The molecule has 2 aliphatic rings. The number of rotatable bonds is 6. The van der Waals surface area contributed by atoms with E-state index in [4.69, 9.17) is 14.5 Å². The number of hydrogen-bond acceptors (Lipinski definition) is 4. The van der Waals surface area contributed by atoms with Crippen LogP contribution in [-0.2, 0) is 22.6 Å². The lowest BCUT2D eigenvalue weighted by molar-refractivity contribution is -0.0817. The molecule has 2 saturated heterocycles. The molecule has 2 aromatic rings. The zero-order valence-electron chi connectivity index (χ0n) is 17.6. The maximum absolute atomic E-state index is 5.99. The first-order valence-electron chi connectivity index (χ1n) is 10.6. The van der Waals surface area contributed by atoms with Gasteiger partial charge in [0.1, 0.15) is 18.5 Å². The standard InChI is InChI=1S/C22H31N5O2.HI/c1-2-23-22(27-12-14-29-20(17-27)19-9-6-13-28-19)25-15-21-24-10-11-26(21)16-18-7-4-3-5-8-18;/h3-5,7-8,10-11,19-20H,2,6,9,12-17H2,1H3,(H,23,25);1H. The second-order valence-corrected chi connectivity index (χ2v) is 7.53. The van der Waals surface area contributed by atoms with Crippen LogP contribution in [0.3, 0.4) is 0 Å². The van der Waals surface area contributed by atoms with Gasteiger partial charge in [-0.05, 0) is 25.3 Å². The molecule has 3 heterocycles. The van der Waals surface area contributed by atoms with Crippen LogP contribution in [0.1, 0.15) is 31.2 Å². The highest BCUT2D eigenvalue weighted by Gasteiger charge is 2.32. The summed E-state index contributed by atoms with van der Waals surface area (Å²) in [5.74, 6) is 1.89. The quantitative estimate of drug-likeness (QED) is 0.357. The highest BCUT2D eigenvalue weighted by Crippen LogP contribution is 2.21. The fraction of sp³-hybridized carbons (Fsp3) is 0.545. The van der Waals surface area contributed by atoms with Crippen molar-refractivity contribution >= 4 is 29.9 Å². The zero-order valence-corrected chi connectivity index (χ0v) is 19.9. The van der Waals surface area contributed by atoms with Gasteiger partial charge in [-0.25, -0.2) is 9.98 Å². The summed E-state index contributed by atoms with van der Waals surface area (Å²) in [6.45, 7) is 7.50. The SMILES string of the molecule is CCNC(=NCc1nccn1Cc1ccccc1)N1CCOC(C2CCCO2)C1.I. The van der Waals surface area contributed by atoms with Gasteiger partial charge < -0.3 is 24.3 Å². The third kappa shape index (κ3) is 5.95. The van der Waals surface area contributed by atoms with E-state index in [1.54, 1.807) is 0 Å². The number of imidazole rings is 1. The van der Waals surface area contributed by atoms with E-state index in [9.17, 15) is 0 Å². The highest BCUT2D eigenvalue weighted by atomic mass is 127. The number of benzene rings is 1. The molecule has 0 spiro atoms. The van der Waals surface area contributed by atoms with Gasteiger partial charge in [-0.2, -0.15) is 0 Å². The number of aliphatic imine (C=N–C) groups is 1. The molecule has 2 fully saturated rings. The summed E-state index contributed by atoms with van der Waals surface area (Å²) in [7, 11) is 0. The molecule has 2 aliphatic heterocycles. The molecule has 30 heavy (non-hydrogen) atoms. The largest absolute Gasteiger partial charge is 0.375 e. The van der Waals surface area contributed by atoms with E-state index in [0.717, 1.165) is 57.4 Å². The number of aromatic nitrogens is 2. The number of halogens is 1. The number of guanidine groups is 1. The van der Waals surface area contributed by atoms with Crippen molar-refractivity contribution in [3.05, 3.63) is 54.1 Å². The summed E-state index contributed by atoms with van der Waals surface area (Å²) in [4.78, 5) is 11.7. The Kier molecular flexibility index (Phi) is 8.95. The Hall–Kier alpha value is -1.65. The molecule has 1 aromatic carbocycles. The van der Waals surface area contributed by atoms with Crippen molar-refractivity contribution in [3.8, 4) is 0 Å². The lowest BCUT2D eigenvalue weighted by atomic mass is 10.1. The van der Waals surface area contributed by atoms with Crippen LogP contribution in [0.2, 0.25) is 0 Å². The Morgan fingerprint density at radius 1 is 1.20 bits per heavy atom. The van der Waals surface area contributed by atoms with E-state index in [0.29, 0.717) is 13.2 Å². The number of ether oxygens (including phenoxy) is 2. The van der Waals surface area contributed by atoms with Crippen LogP contribution in [0.4, 0.5) is 0 Å². The van der Waals surface area contributed by atoms with E-state index in [1.165, 1.54) is 5.56 Å². The average Bonchev–Trinajstić information content (AvgIpc) is 3.44. The smallest absolute Gasteiger partial charge is 0.194 e. The minimum atomic E-state index is 0. The molecule has 7 nitrogen and oxygen atoms in total. The van der Waals surface area contributed by atoms with Crippen molar-refractivity contribution in [1.29, 1.82) is 0 Å². The minimum absolute atomic E-state index is 0. The van der Waals surface area contributed by atoms with Gasteiger partial charge in [-0.1, -0.05) is 30.3 Å².